The Morgan fingerprint density at radius 3 is 2.36 bits per heavy atom. The fourth-order valence-corrected chi connectivity index (χ4v) is 3.86. The van der Waals surface area contributed by atoms with Crippen molar-refractivity contribution in [1.82, 2.24) is 4.90 Å². The minimum Gasteiger partial charge on any atom is -0.493 e. The third kappa shape index (κ3) is 4.31. The Bertz CT molecular complexity index is 611. The normalized spacial score (nSPS) is 16.7. The molecule has 1 saturated heterocycles. The molecule has 8 heteroatoms. The fraction of sp³-hybridized carbons (Fsp3) is 0.529. The zero-order chi connectivity index (χ0) is 18.4. The van der Waals surface area contributed by atoms with Crippen LogP contribution in [0.15, 0.2) is 12.1 Å². The van der Waals surface area contributed by atoms with Crippen LogP contribution < -0.4 is 14.2 Å². The summed E-state index contributed by atoms with van der Waals surface area (Å²) in [6.07, 6.45) is 0.168. The molecular formula is C17H23NO6S. The second-order valence-electron chi connectivity index (χ2n) is 5.26. The Hall–Kier alpha value is -2.09. The van der Waals surface area contributed by atoms with Crippen molar-refractivity contribution < 1.29 is 28.5 Å². The summed E-state index contributed by atoms with van der Waals surface area (Å²) >= 11 is 1.50. The van der Waals surface area contributed by atoms with E-state index in [-0.39, 0.29) is 23.7 Å². The summed E-state index contributed by atoms with van der Waals surface area (Å²) in [6.45, 7) is 2.40. The lowest BCUT2D eigenvalue weighted by Gasteiger charge is -2.25. The van der Waals surface area contributed by atoms with Gasteiger partial charge in [-0.15, -0.1) is 11.8 Å². The van der Waals surface area contributed by atoms with Gasteiger partial charge in [0.1, 0.15) is 5.37 Å². The van der Waals surface area contributed by atoms with E-state index in [1.54, 1.807) is 33.2 Å². The quantitative estimate of drug-likeness (QED) is 0.651. The molecular weight excluding hydrogens is 346 g/mol. The fourth-order valence-electron chi connectivity index (χ4n) is 2.66. The van der Waals surface area contributed by atoms with Gasteiger partial charge >= 0.3 is 5.97 Å². The van der Waals surface area contributed by atoms with E-state index in [1.807, 2.05) is 12.1 Å². The molecule has 1 aromatic rings. The van der Waals surface area contributed by atoms with Gasteiger partial charge in [0.2, 0.25) is 11.7 Å². The number of methoxy groups -OCH3 is 3. The first kappa shape index (κ1) is 19.2. The number of hydrogen-bond acceptors (Lipinski definition) is 7. The second-order valence-corrected chi connectivity index (χ2v) is 6.33. The minimum absolute atomic E-state index is 0.00644. The van der Waals surface area contributed by atoms with E-state index >= 15 is 0 Å². The largest absolute Gasteiger partial charge is 0.493 e. The van der Waals surface area contributed by atoms with Crippen LogP contribution >= 0.6 is 11.8 Å². The van der Waals surface area contributed by atoms with Crippen LogP contribution in [0.4, 0.5) is 0 Å². The van der Waals surface area contributed by atoms with Crippen molar-refractivity contribution in [1.29, 1.82) is 0 Å². The molecule has 1 amide bonds. The molecule has 7 nitrogen and oxygen atoms in total. The molecule has 1 unspecified atom stereocenters. The lowest BCUT2D eigenvalue weighted by molar-refractivity contribution is -0.143. The molecule has 0 aliphatic carbocycles. The Morgan fingerprint density at radius 2 is 1.84 bits per heavy atom. The van der Waals surface area contributed by atoms with Gasteiger partial charge < -0.3 is 23.8 Å². The van der Waals surface area contributed by atoms with Gasteiger partial charge in [-0.05, 0) is 24.6 Å². The molecule has 138 valence electrons. The number of rotatable bonds is 8. The first-order valence-corrected chi connectivity index (χ1v) is 8.97. The van der Waals surface area contributed by atoms with Crippen LogP contribution in [0.1, 0.15) is 24.3 Å². The maximum Gasteiger partial charge on any atom is 0.307 e. The van der Waals surface area contributed by atoms with Crippen LogP contribution in [0.2, 0.25) is 0 Å². The Morgan fingerprint density at radius 1 is 1.20 bits per heavy atom. The molecule has 0 saturated carbocycles. The molecule has 0 N–H and O–H groups in total. The lowest BCUT2D eigenvalue weighted by atomic mass is 10.1. The molecule has 1 fully saturated rings. The summed E-state index contributed by atoms with van der Waals surface area (Å²) < 4.78 is 21.0. The van der Waals surface area contributed by atoms with E-state index in [1.165, 1.54) is 11.8 Å². The SMILES string of the molecule is CCOC(=O)CCN1C(=O)CSC1c1cc(OC)c(OC)c(OC)c1. The summed E-state index contributed by atoms with van der Waals surface area (Å²) in [7, 11) is 4.64. The number of amides is 1. The summed E-state index contributed by atoms with van der Waals surface area (Å²) in [6, 6.07) is 3.66. The van der Waals surface area contributed by atoms with Gasteiger partial charge in [0, 0.05) is 6.54 Å². The highest BCUT2D eigenvalue weighted by molar-refractivity contribution is 8.00. The molecule has 0 bridgehead atoms. The molecule has 1 aliphatic rings. The standard InChI is InChI=1S/C17H23NO6S/c1-5-24-15(20)6-7-18-14(19)10-25-17(18)11-8-12(21-2)16(23-4)13(9-11)22-3/h8-9,17H,5-7,10H2,1-4H3. The average molecular weight is 369 g/mol. The number of benzene rings is 1. The van der Waals surface area contributed by atoms with E-state index in [4.69, 9.17) is 18.9 Å². The van der Waals surface area contributed by atoms with E-state index in [2.05, 4.69) is 0 Å². The molecule has 0 aromatic heterocycles. The van der Waals surface area contributed by atoms with E-state index < -0.39 is 0 Å². The van der Waals surface area contributed by atoms with Crippen molar-refractivity contribution in [2.75, 3.05) is 40.2 Å². The predicted octanol–water partition coefficient (Wildman–Crippen LogP) is 2.24. The molecule has 0 radical (unpaired) electrons. The van der Waals surface area contributed by atoms with Gasteiger partial charge in [0.05, 0.1) is 40.1 Å². The number of carbonyl (C=O) groups is 2. The van der Waals surface area contributed by atoms with E-state index in [9.17, 15) is 9.59 Å². The Kier molecular flexibility index (Phi) is 6.81. The lowest BCUT2D eigenvalue weighted by Crippen LogP contribution is -2.30. The van der Waals surface area contributed by atoms with Crippen molar-refractivity contribution in [3.63, 3.8) is 0 Å². The molecule has 1 atom stereocenters. The summed E-state index contributed by atoms with van der Waals surface area (Å²) in [5.41, 5.74) is 0.856. The number of esters is 1. The van der Waals surface area contributed by atoms with Crippen LogP contribution in [-0.2, 0) is 14.3 Å². The third-order valence-corrected chi connectivity index (χ3v) is 5.06. The van der Waals surface area contributed by atoms with Crippen molar-refractivity contribution in [3.8, 4) is 17.2 Å². The number of hydrogen-bond donors (Lipinski definition) is 0. The minimum atomic E-state index is -0.309. The first-order valence-electron chi connectivity index (χ1n) is 7.92. The van der Waals surface area contributed by atoms with Crippen LogP contribution in [0, 0.1) is 0 Å². The molecule has 2 rings (SSSR count). The summed E-state index contributed by atoms with van der Waals surface area (Å²) in [4.78, 5) is 25.5. The number of thioether (sulfide) groups is 1. The van der Waals surface area contributed by atoms with Crippen molar-refractivity contribution >= 4 is 23.6 Å². The molecule has 25 heavy (non-hydrogen) atoms. The van der Waals surface area contributed by atoms with Crippen LogP contribution in [-0.4, -0.2) is 57.0 Å². The molecule has 1 aromatic carbocycles. The Balaban J connectivity index is 2.26. The van der Waals surface area contributed by atoms with Gasteiger partial charge in [-0.3, -0.25) is 9.59 Å². The van der Waals surface area contributed by atoms with E-state index in [0.29, 0.717) is 36.2 Å². The zero-order valence-corrected chi connectivity index (χ0v) is 15.7. The van der Waals surface area contributed by atoms with Gasteiger partial charge in [0.15, 0.2) is 11.5 Å². The molecule has 0 spiro atoms. The highest BCUT2D eigenvalue weighted by Crippen LogP contribution is 2.45. The highest BCUT2D eigenvalue weighted by Gasteiger charge is 2.34. The smallest absolute Gasteiger partial charge is 0.307 e. The van der Waals surface area contributed by atoms with Crippen molar-refractivity contribution in [3.05, 3.63) is 17.7 Å². The second kappa shape index (κ2) is 8.84. The Labute approximate surface area is 151 Å². The first-order chi connectivity index (χ1) is 12.0. The van der Waals surface area contributed by atoms with Crippen LogP contribution in [0.5, 0.6) is 17.2 Å². The van der Waals surface area contributed by atoms with Crippen LogP contribution in [0.25, 0.3) is 0 Å². The third-order valence-electron chi connectivity index (χ3n) is 3.80. The predicted molar refractivity (Wildman–Crippen MR) is 94.3 cm³/mol. The van der Waals surface area contributed by atoms with E-state index in [0.717, 1.165) is 5.56 Å². The highest BCUT2D eigenvalue weighted by atomic mass is 32.2. The number of ether oxygens (including phenoxy) is 4. The summed E-state index contributed by atoms with van der Waals surface area (Å²) in [5.74, 6) is 1.61. The average Bonchev–Trinajstić information content (AvgIpc) is 2.99. The van der Waals surface area contributed by atoms with Gasteiger partial charge in [0.25, 0.3) is 0 Å². The van der Waals surface area contributed by atoms with Crippen molar-refractivity contribution in [2.24, 2.45) is 0 Å². The number of carbonyl (C=O) groups excluding carboxylic acids is 2. The number of nitrogens with zero attached hydrogens (tertiary/aromatic N) is 1. The molecule has 1 heterocycles. The summed E-state index contributed by atoms with van der Waals surface area (Å²) in [5, 5.41) is -0.212. The maximum atomic E-state index is 12.2. The van der Waals surface area contributed by atoms with Gasteiger partial charge in [-0.2, -0.15) is 0 Å². The maximum absolute atomic E-state index is 12.2. The van der Waals surface area contributed by atoms with Gasteiger partial charge in [-0.25, -0.2) is 0 Å². The topological polar surface area (TPSA) is 74.3 Å². The monoisotopic (exact) mass is 369 g/mol. The van der Waals surface area contributed by atoms with Gasteiger partial charge in [-0.1, -0.05) is 0 Å². The zero-order valence-electron chi connectivity index (χ0n) is 14.9. The van der Waals surface area contributed by atoms with Crippen molar-refractivity contribution in [2.45, 2.75) is 18.7 Å². The van der Waals surface area contributed by atoms with Crippen LogP contribution in [0.3, 0.4) is 0 Å². The molecule has 1 aliphatic heterocycles.